The number of nitrogens with zero attached hydrogens (tertiary/aromatic N) is 3. The number of carbonyl (C=O) groups excluding carboxylic acids is 1. The maximum atomic E-state index is 13.4. The van der Waals surface area contributed by atoms with Gasteiger partial charge in [0.1, 0.15) is 5.75 Å². The first kappa shape index (κ1) is 25.0. The molecule has 0 bridgehead atoms. The van der Waals surface area contributed by atoms with Gasteiger partial charge in [-0.25, -0.2) is 8.42 Å². The standard InChI is InChI=1S/C21H21ClN4O4S3/c1-4-12-26(14-6-8-15(30-3)9-7-14)33(28,29)16-10-11-18(22)17(13-16)19(27)23-20-24-25-21(32-20)31-5-2/h4,6-11,13H,1,5,12H2,2-3H3,(H,23,24,27). The molecule has 1 aromatic heterocycles. The molecule has 3 aromatic rings. The molecule has 0 fully saturated rings. The van der Waals surface area contributed by atoms with Gasteiger partial charge < -0.3 is 4.74 Å². The number of rotatable bonds is 10. The first-order chi connectivity index (χ1) is 15.8. The molecule has 0 atom stereocenters. The highest BCUT2D eigenvalue weighted by Crippen LogP contribution is 2.29. The normalized spacial score (nSPS) is 11.1. The summed E-state index contributed by atoms with van der Waals surface area (Å²) in [5.41, 5.74) is 0.428. The first-order valence-electron chi connectivity index (χ1n) is 9.65. The van der Waals surface area contributed by atoms with Crippen LogP contribution in [-0.4, -0.2) is 43.9 Å². The molecule has 1 N–H and O–H groups in total. The molecule has 0 spiro atoms. The van der Waals surface area contributed by atoms with Crippen molar-refractivity contribution in [3.8, 4) is 5.75 Å². The van der Waals surface area contributed by atoms with Crippen LogP contribution in [-0.2, 0) is 10.0 Å². The van der Waals surface area contributed by atoms with Crippen molar-refractivity contribution in [3.63, 3.8) is 0 Å². The van der Waals surface area contributed by atoms with E-state index in [1.807, 2.05) is 6.92 Å². The van der Waals surface area contributed by atoms with Gasteiger partial charge >= 0.3 is 0 Å². The molecule has 12 heteroatoms. The topological polar surface area (TPSA) is 101 Å². The summed E-state index contributed by atoms with van der Waals surface area (Å²) in [6.45, 7) is 5.67. The molecule has 3 rings (SSSR count). The molecule has 33 heavy (non-hydrogen) atoms. The second-order valence-corrected chi connectivity index (χ2v) is 11.2. The Morgan fingerprint density at radius 3 is 2.64 bits per heavy atom. The van der Waals surface area contributed by atoms with E-state index in [1.54, 1.807) is 24.3 Å². The second-order valence-electron chi connectivity index (χ2n) is 6.42. The Bertz CT molecular complexity index is 1250. The summed E-state index contributed by atoms with van der Waals surface area (Å²) in [4.78, 5) is 12.7. The average molecular weight is 525 g/mol. The van der Waals surface area contributed by atoms with Crippen LogP contribution in [0.25, 0.3) is 0 Å². The highest BCUT2D eigenvalue weighted by atomic mass is 35.5. The molecular formula is C21H21ClN4O4S3. The second kappa shape index (κ2) is 11.0. The molecule has 2 aromatic carbocycles. The summed E-state index contributed by atoms with van der Waals surface area (Å²) in [6, 6.07) is 10.6. The van der Waals surface area contributed by atoms with E-state index in [9.17, 15) is 13.2 Å². The molecule has 1 heterocycles. The van der Waals surface area contributed by atoms with Crippen molar-refractivity contribution in [2.75, 3.05) is 29.0 Å². The highest BCUT2D eigenvalue weighted by Gasteiger charge is 2.26. The quantitative estimate of drug-likeness (QED) is 0.227. The largest absolute Gasteiger partial charge is 0.497 e. The third-order valence-corrected chi connectivity index (χ3v) is 8.29. The van der Waals surface area contributed by atoms with Crippen LogP contribution < -0.4 is 14.4 Å². The Hall–Kier alpha value is -2.60. The van der Waals surface area contributed by atoms with Crippen LogP contribution in [0.1, 0.15) is 17.3 Å². The fourth-order valence-electron chi connectivity index (χ4n) is 2.78. The number of thioether (sulfide) groups is 1. The third-order valence-electron chi connectivity index (χ3n) is 4.32. The first-order valence-corrected chi connectivity index (χ1v) is 13.3. The van der Waals surface area contributed by atoms with Gasteiger partial charge in [-0.2, -0.15) is 0 Å². The van der Waals surface area contributed by atoms with E-state index in [4.69, 9.17) is 16.3 Å². The maximum absolute atomic E-state index is 13.4. The number of aromatic nitrogens is 2. The number of ether oxygens (including phenoxy) is 1. The van der Waals surface area contributed by atoms with Crippen LogP contribution in [0.5, 0.6) is 5.75 Å². The van der Waals surface area contributed by atoms with Crippen LogP contribution in [0.15, 0.2) is 64.4 Å². The summed E-state index contributed by atoms with van der Waals surface area (Å²) in [6.07, 6.45) is 1.48. The van der Waals surface area contributed by atoms with Crippen molar-refractivity contribution in [2.45, 2.75) is 16.2 Å². The molecule has 0 saturated carbocycles. The minimum atomic E-state index is -4.03. The molecular weight excluding hydrogens is 504 g/mol. The SMILES string of the molecule is C=CCN(c1ccc(OC)cc1)S(=O)(=O)c1ccc(Cl)c(C(=O)Nc2nnc(SCC)s2)c1. The number of nitrogens with one attached hydrogen (secondary N) is 1. The van der Waals surface area contributed by atoms with Crippen molar-refractivity contribution in [1.82, 2.24) is 10.2 Å². The number of carbonyl (C=O) groups is 1. The van der Waals surface area contributed by atoms with Crippen LogP contribution in [0.2, 0.25) is 5.02 Å². The fraction of sp³-hybridized carbons (Fsp3) is 0.190. The predicted molar refractivity (Wildman–Crippen MR) is 133 cm³/mol. The molecule has 0 aliphatic carbocycles. The molecule has 0 unspecified atom stereocenters. The highest BCUT2D eigenvalue weighted by molar-refractivity contribution is 8.01. The Morgan fingerprint density at radius 2 is 2.00 bits per heavy atom. The van der Waals surface area contributed by atoms with Gasteiger partial charge in [0.15, 0.2) is 4.34 Å². The number of methoxy groups -OCH3 is 1. The van der Waals surface area contributed by atoms with Gasteiger partial charge in [-0.05, 0) is 48.2 Å². The van der Waals surface area contributed by atoms with E-state index in [2.05, 4.69) is 22.1 Å². The van der Waals surface area contributed by atoms with Crippen LogP contribution in [0.4, 0.5) is 10.8 Å². The molecule has 1 amide bonds. The average Bonchev–Trinajstić information content (AvgIpc) is 3.24. The summed E-state index contributed by atoms with van der Waals surface area (Å²) in [5, 5.41) is 10.9. The molecule has 8 nitrogen and oxygen atoms in total. The van der Waals surface area contributed by atoms with Crippen molar-refractivity contribution < 1.29 is 17.9 Å². The summed E-state index contributed by atoms with van der Waals surface area (Å²) in [5.74, 6) is 0.835. The van der Waals surface area contributed by atoms with Crippen LogP contribution in [0.3, 0.4) is 0 Å². The lowest BCUT2D eigenvalue weighted by molar-refractivity contribution is 0.102. The third kappa shape index (κ3) is 5.85. The Kier molecular flexibility index (Phi) is 8.35. The van der Waals surface area contributed by atoms with E-state index in [0.29, 0.717) is 16.6 Å². The van der Waals surface area contributed by atoms with Gasteiger partial charge in [-0.1, -0.05) is 47.7 Å². The summed E-state index contributed by atoms with van der Waals surface area (Å²) < 4.78 is 33.9. The molecule has 0 saturated heterocycles. The number of benzene rings is 2. The van der Waals surface area contributed by atoms with Crippen LogP contribution in [0, 0.1) is 0 Å². The van der Waals surface area contributed by atoms with Gasteiger partial charge in [0.2, 0.25) is 5.13 Å². The van der Waals surface area contributed by atoms with Crippen molar-refractivity contribution in [3.05, 3.63) is 65.7 Å². The molecule has 0 radical (unpaired) electrons. The lowest BCUT2D eigenvalue weighted by Gasteiger charge is -2.23. The Balaban J connectivity index is 1.92. The molecule has 174 valence electrons. The van der Waals surface area contributed by atoms with E-state index in [-0.39, 0.29) is 22.0 Å². The van der Waals surface area contributed by atoms with E-state index >= 15 is 0 Å². The lowest BCUT2D eigenvalue weighted by Crippen LogP contribution is -2.31. The Labute approximate surface area is 205 Å². The van der Waals surface area contributed by atoms with Crippen LogP contribution >= 0.6 is 34.7 Å². The van der Waals surface area contributed by atoms with Crippen molar-refractivity contribution >= 4 is 61.4 Å². The Morgan fingerprint density at radius 1 is 1.27 bits per heavy atom. The predicted octanol–water partition coefficient (Wildman–Crippen LogP) is 4.95. The summed E-state index contributed by atoms with van der Waals surface area (Å²) >= 11 is 8.95. The van der Waals surface area contributed by atoms with Gasteiger partial charge in [0.25, 0.3) is 15.9 Å². The zero-order valence-electron chi connectivity index (χ0n) is 17.8. The fourth-order valence-corrected chi connectivity index (χ4v) is 6.09. The van der Waals surface area contributed by atoms with Crippen molar-refractivity contribution in [2.24, 2.45) is 0 Å². The number of sulfonamides is 1. The smallest absolute Gasteiger partial charge is 0.264 e. The number of anilines is 2. The minimum Gasteiger partial charge on any atom is -0.497 e. The van der Waals surface area contributed by atoms with E-state index in [1.165, 1.54) is 58.8 Å². The van der Waals surface area contributed by atoms with Gasteiger partial charge in [-0.3, -0.25) is 14.4 Å². The zero-order chi connectivity index (χ0) is 24.0. The number of amides is 1. The monoisotopic (exact) mass is 524 g/mol. The van der Waals surface area contributed by atoms with Gasteiger partial charge in [-0.15, -0.1) is 16.8 Å². The number of hydrogen-bond acceptors (Lipinski definition) is 8. The van der Waals surface area contributed by atoms with Gasteiger partial charge in [0, 0.05) is 0 Å². The number of halogens is 1. The van der Waals surface area contributed by atoms with E-state index < -0.39 is 15.9 Å². The summed E-state index contributed by atoms with van der Waals surface area (Å²) in [7, 11) is -2.50. The lowest BCUT2D eigenvalue weighted by atomic mass is 10.2. The van der Waals surface area contributed by atoms with Crippen molar-refractivity contribution in [1.29, 1.82) is 0 Å². The number of hydrogen-bond donors (Lipinski definition) is 1. The molecule has 0 aliphatic rings. The maximum Gasteiger partial charge on any atom is 0.264 e. The minimum absolute atomic E-state index is 0.00548. The molecule has 0 aliphatic heterocycles. The zero-order valence-corrected chi connectivity index (χ0v) is 21.0. The van der Waals surface area contributed by atoms with E-state index in [0.717, 1.165) is 10.1 Å². The van der Waals surface area contributed by atoms with Gasteiger partial charge in [0.05, 0.1) is 34.8 Å².